The van der Waals surface area contributed by atoms with Gasteiger partial charge in [0, 0.05) is 18.0 Å². The van der Waals surface area contributed by atoms with Crippen LogP contribution >= 0.6 is 0 Å². The molecule has 9 heteroatoms. The van der Waals surface area contributed by atoms with Gasteiger partial charge in [0.2, 0.25) is 0 Å². The molecule has 0 unspecified atom stereocenters. The second-order valence-corrected chi connectivity index (χ2v) is 9.73. The quantitative estimate of drug-likeness (QED) is 0.513. The number of ether oxygens (including phenoxy) is 1. The standard InChI is InChI=1S/C23H28FN5O2S/c1-14(2)11-25-21(30)12-31-20-9-16(24)6-7-18(20)28-23-22-15(3)8-17(29-32(4)5)10-19(22)26-13-27-23/h6-10,13-14H,11-12H2,1-5H3,(H,25,30)(H,26,27,28). The van der Waals surface area contributed by atoms with E-state index in [1.807, 2.05) is 45.4 Å². The lowest BCUT2D eigenvalue weighted by Gasteiger charge is -2.15. The van der Waals surface area contributed by atoms with Crippen LogP contribution in [0.1, 0.15) is 19.4 Å². The van der Waals surface area contributed by atoms with Gasteiger partial charge in [0.05, 0.1) is 16.9 Å². The Morgan fingerprint density at radius 2 is 2.00 bits per heavy atom. The highest BCUT2D eigenvalue weighted by molar-refractivity contribution is 7.85. The molecule has 0 radical (unpaired) electrons. The molecule has 1 heterocycles. The summed E-state index contributed by atoms with van der Waals surface area (Å²) in [5.74, 6) is 0.388. The minimum Gasteiger partial charge on any atom is -0.481 e. The van der Waals surface area contributed by atoms with Gasteiger partial charge in [0.15, 0.2) is 6.61 Å². The Bertz CT molecular complexity index is 1160. The van der Waals surface area contributed by atoms with Crippen LogP contribution in [0.5, 0.6) is 5.75 Å². The molecule has 0 atom stereocenters. The lowest BCUT2D eigenvalue weighted by Crippen LogP contribution is -2.31. The maximum atomic E-state index is 13.9. The molecule has 0 saturated heterocycles. The Morgan fingerprint density at radius 3 is 2.72 bits per heavy atom. The minimum absolute atomic E-state index is 0.0895. The summed E-state index contributed by atoms with van der Waals surface area (Å²) in [6.45, 7) is 6.32. The number of amides is 1. The SMILES string of the molecule is Cc1cc(N=S(C)C)cc2ncnc(Nc3ccc(F)cc3OCC(=O)NCC(C)C)c12. The number of aromatic nitrogens is 2. The van der Waals surface area contributed by atoms with E-state index in [0.717, 1.165) is 22.2 Å². The van der Waals surface area contributed by atoms with Gasteiger partial charge in [0.1, 0.15) is 23.7 Å². The number of carbonyl (C=O) groups excluding carboxylic acids is 1. The van der Waals surface area contributed by atoms with Crippen molar-refractivity contribution in [1.82, 2.24) is 15.3 Å². The van der Waals surface area contributed by atoms with Crippen LogP contribution in [0.25, 0.3) is 10.9 Å². The molecule has 2 N–H and O–H groups in total. The van der Waals surface area contributed by atoms with E-state index in [4.69, 9.17) is 4.74 Å². The third-order valence-corrected chi connectivity index (χ3v) is 5.05. The smallest absolute Gasteiger partial charge is 0.257 e. The third-order valence-electron chi connectivity index (χ3n) is 4.47. The van der Waals surface area contributed by atoms with E-state index in [1.165, 1.54) is 18.5 Å². The fourth-order valence-electron chi connectivity index (χ4n) is 3.09. The zero-order valence-corrected chi connectivity index (χ0v) is 19.7. The normalized spacial score (nSPS) is 11.1. The summed E-state index contributed by atoms with van der Waals surface area (Å²) in [5.41, 5.74) is 3.09. The van der Waals surface area contributed by atoms with E-state index >= 15 is 0 Å². The summed E-state index contributed by atoms with van der Waals surface area (Å²) < 4.78 is 24.1. The van der Waals surface area contributed by atoms with Crippen molar-refractivity contribution >= 4 is 44.7 Å². The molecule has 170 valence electrons. The van der Waals surface area contributed by atoms with E-state index in [2.05, 4.69) is 25.0 Å². The third kappa shape index (κ3) is 6.23. The van der Waals surface area contributed by atoms with Crippen LogP contribution in [0, 0.1) is 18.7 Å². The molecule has 1 amide bonds. The van der Waals surface area contributed by atoms with Crippen LogP contribution in [0.2, 0.25) is 0 Å². The second-order valence-electron chi connectivity index (χ2n) is 8.00. The molecule has 0 aliphatic heterocycles. The van der Waals surface area contributed by atoms with Gasteiger partial charge in [-0.3, -0.25) is 4.79 Å². The number of benzene rings is 2. The van der Waals surface area contributed by atoms with Gasteiger partial charge >= 0.3 is 0 Å². The average Bonchev–Trinajstić information content (AvgIpc) is 2.71. The van der Waals surface area contributed by atoms with Gasteiger partial charge in [-0.05, 0) is 55.2 Å². The zero-order chi connectivity index (χ0) is 23.3. The number of anilines is 2. The molecule has 1 aromatic heterocycles. The van der Waals surface area contributed by atoms with Crippen LogP contribution in [-0.4, -0.2) is 41.5 Å². The van der Waals surface area contributed by atoms with E-state index in [1.54, 1.807) is 6.07 Å². The Balaban J connectivity index is 1.89. The highest BCUT2D eigenvalue weighted by atomic mass is 32.2. The number of hydrogen-bond acceptors (Lipinski definition) is 6. The van der Waals surface area contributed by atoms with E-state index in [-0.39, 0.29) is 29.0 Å². The maximum absolute atomic E-state index is 13.9. The van der Waals surface area contributed by atoms with Gasteiger partial charge in [0.25, 0.3) is 5.91 Å². The lowest BCUT2D eigenvalue weighted by molar-refractivity contribution is -0.123. The number of aryl methyl sites for hydroxylation is 1. The van der Waals surface area contributed by atoms with Crippen molar-refractivity contribution in [2.75, 3.05) is 31.0 Å². The van der Waals surface area contributed by atoms with E-state index < -0.39 is 5.82 Å². The largest absolute Gasteiger partial charge is 0.481 e. The molecule has 0 saturated carbocycles. The van der Waals surface area contributed by atoms with Gasteiger partial charge in [-0.2, -0.15) is 0 Å². The number of nitrogens with zero attached hydrogens (tertiary/aromatic N) is 3. The first kappa shape index (κ1) is 23.6. The van der Waals surface area contributed by atoms with Crippen LogP contribution in [-0.2, 0) is 15.5 Å². The predicted octanol–water partition coefficient (Wildman–Crippen LogP) is 4.66. The van der Waals surface area contributed by atoms with E-state index in [0.29, 0.717) is 24.0 Å². The second kappa shape index (κ2) is 10.5. The summed E-state index contributed by atoms with van der Waals surface area (Å²) in [7, 11) is -0.0895. The van der Waals surface area contributed by atoms with Crippen molar-refractivity contribution < 1.29 is 13.9 Å². The van der Waals surface area contributed by atoms with Crippen LogP contribution in [0.15, 0.2) is 41.0 Å². The molecular weight excluding hydrogens is 429 g/mol. The highest BCUT2D eigenvalue weighted by Crippen LogP contribution is 2.33. The molecule has 32 heavy (non-hydrogen) atoms. The summed E-state index contributed by atoms with van der Waals surface area (Å²) >= 11 is 0. The summed E-state index contributed by atoms with van der Waals surface area (Å²) in [6.07, 6.45) is 5.56. The highest BCUT2D eigenvalue weighted by Gasteiger charge is 2.13. The monoisotopic (exact) mass is 457 g/mol. The lowest BCUT2D eigenvalue weighted by atomic mass is 10.1. The topological polar surface area (TPSA) is 88.5 Å². The molecule has 3 aromatic rings. The molecule has 2 aromatic carbocycles. The van der Waals surface area contributed by atoms with Crippen LogP contribution in [0.3, 0.4) is 0 Å². The molecule has 0 aliphatic rings. The van der Waals surface area contributed by atoms with Crippen molar-refractivity contribution in [2.24, 2.45) is 10.3 Å². The van der Waals surface area contributed by atoms with Gasteiger partial charge < -0.3 is 15.4 Å². The fraction of sp³-hybridized carbons (Fsp3) is 0.348. The molecule has 0 aliphatic carbocycles. The molecule has 7 nitrogen and oxygen atoms in total. The van der Waals surface area contributed by atoms with Gasteiger partial charge in [-0.15, -0.1) is 10.7 Å². The Morgan fingerprint density at radius 1 is 1.22 bits per heavy atom. The van der Waals surface area contributed by atoms with Crippen LogP contribution in [0.4, 0.5) is 21.6 Å². The maximum Gasteiger partial charge on any atom is 0.257 e. The Kier molecular flexibility index (Phi) is 7.74. The number of rotatable bonds is 8. The van der Waals surface area contributed by atoms with Crippen LogP contribution < -0.4 is 15.4 Å². The molecule has 3 rings (SSSR count). The number of carbonyl (C=O) groups is 1. The first-order chi connectivity index (χ1) is 15.2. The van der Waals surface area contributed by atoms with Crippen molar-refractivity contribution in [3.8, 4) is 5.75 Å². The fourth-order valence-corrected chi connectivity index (χ4v) is 3.62. The molecule has 0 bridgehead atoms. The number of hydrogen-bond donors (Lipinski definition) is 2. The van der Waals surface area contributed by atoms with Crippen molar-refractivity contribution in [3.05, 3.63) is 48.0 Å². The number of fused-ring (bicyclic) bond motifs is 1. The van der Waals surface area contributed by atoms with Gasteiger partial charge in [-0.25, -0.2) is 18.7 Å². The van der Waals surface area contributed by atoms with Gasteiger partial charge in [-0.1, -0.05) is 13.8 Å². The summed E-state index contributed by atoms with van der Waals surface area (Å²) in [4.78, 5) is 20.8. The first-order valence-corrected chi connectivity index (χ1v) is 12.2. The Hall–Kier alpha value is -3.07. The van der Waals surface area contributed by atoms with Crippen molar-refractivity contribution in [2.45, 2.75) is 20.8 Å². The number of nitrogens with one attached hydrogen (secondary N) is 2. The summed E-state index contributed by atoms with van der Waals surface area (Å²) in [6, 6.07) is 8.04. The minimum atomic E-state index is -0.461. The summed E-state index contributed by atoms with van der Waals surface area (Å²) in [5, 5.41) is 6.83. The Labute approximate surface area is 189 Å². The molecular formula is C23H28FN5O2S. The number of halogens is 1. The molecule has 0 spiro atoms. The van der Waals surface area contributed by atoms with Crippen molar-refractivity contribution in [1.29, 1.82) is 0 Å². The average molecular weight is 458 g/mol. The predicted molar refractivity (Wildman–Crippen MR) is 129 cm³/mol. The van der Waals surface area contributed by atoms with E-state index in [9.17, 15) is 9.18 Å². The zero-order valence-electron chi connectivity index (χ0n) is 18.9. The molecule has 0 fully saturated rings. The van der Waals surface area contributed by atoms with Crippen molar-refractivity contribution in [3.63, 3.8) is 0 Å². The first-order valence-electron chi connectivity index (χ1n) is 10.2.